The van der Waals surface area contributed by atoms with Crippen LogP contribution in [-0.4, -0.2) is 19.2 Å². The predicted octanol–water partition coefficient (Wildman–Crippen LogP) is 4.18. The highest BCUT2D eigenvalue weighted by Crippen LogP contribution is 2.14. The van der Waals surface area contributed by atoms with Crippen LogP contribution in [0.2, 0.25) is 0 Å². The van der Waals surface area contributed by atoms with E-state index in [-0.39, 0.29) is 12.1 Å². The number of carbonyl (C=O) groups is 1. The molecule has 112 valence electrons. The van der Waals surface area contributed by atoms with Gasteiger partial charge in [0.15, 0.2) is 0 Å². The molecule has 4 heteroatoms. The topological polar surface area (TPSA) is 50.4 Å². The average molecular weight is 278 g/mol. The third-order valence-electron chi connectivity index (χ3n) is 3.22. The van der Waals surface area contributed by atoms with Gasteiger partial charge in [-0.25, -0.2) is 4.79 Å². The zero-order chi connectivity index (χ0) is 14.8. The van der Waals surface area contributed by atoms with E-state index in [0.29, 0.717) is 0 Å². The maximum absolute atomic E-state index is 11.8. The SMILES string of the molecule is CCCCCCC(C)NC(=O)Nc1ccc(OC)cc1. The van der Waals surface area contributed by atoms with Crippen LogP contribution in [0.1, 0.15) is 46.0 Å². The number of carbonyl (C=O) groups excluding carboxylic acids is 1. The fraction of sp³-hybridized carbons (Fsp3) is 0.562. The first-order chi connectivity index (χ1) is 9.65. The Kier molecular flexibility index (Phi) is 7.55. The molecule has 0 aromatic heterocycles. The van der Waals surface area contributed by atoms with E-state index in [0.717, 1.165) is 24.3 Å². The Morgan fingerprint density at radius 1 is 1.20 bits per heavy atom. The minimum absolute atomic E-state index is 0.154. The summed E-state index contributed by atoms with van der Waals surface area (Å²) in [6.07, 6.45) is 5.93. The molecule has 1 aromatic rings. The highest BCUT2D eigenvalue weighted by atomic mass is 16.5. The average Bonchev–Trinajstić information content (AvgIpc) is 2.44. The van der Waals surface area contributed by atoms with Gasteiger partial charge in [0.25, 0.3) is 0 Å². The summed E-state index contributed by atoms with van der Waals surface area (Å²) in [5, 5.41) is 5.77. The smallest absolute Gasteiger partial charge is 0.319 e. The largest absolute Gasteiger partial charge is 0.497 e. The standard InChI is InChI=1S/C16H26N2O2/c1-4-5-6-7-8-13(2)17-16(19)18-14-9-11-15(20-3)12-10-14/h9-13H,4-8H2,1-3H3,(H2,17,18,19). The summed E-state index contributed by atoms with van der Waals surface area (Å²) in [5.74, 6) is 0.778. The van der Waals surface area contributed by atoms with Crippen LogP contribution >= 0.6 is 0 Å². The lowest BCUT2D eigenvalue weighted by atomic mass is 10.1. The Labute approximate surface area is 121 Å². The van der Waals surface area contributed by atoms with Crippen LogP contribution in [0.5, 0.6) is 5.75 Å². The molecular weight excluding hydrogens is 252 g/mol. The number of hydrogen-bond donors (Lipinski definition) is 2. The second-order valence-electron chi connectivity index (χ2n) is 5.08. The van der Waals surface area contributed by atoms with Crippen LogP contribution in [0, 0.1) is 0 Å². The molecular formula is C16H26N2O2. The van der Waals surface area contributed by atoms with Gasteiger partial charge in [-0.2, -0.15) is 0 Å². The van der Waals surface area contributed by atoms with Gasteiger partial charge in [-0.1, -0.05) is 32.6 Å². The minimum Gasteiger partial charge on any atom is -0.497 e. The van der Waals surface area contributed by atoms with E-state index in [1.165, 1.54) is 19.3 Å². The van der Waals surface area contributed by atoms with Crippen molar-refractivity contribution in [3.8, 4) is 5.75 Å². The van der Waals surface area contributed by atoms with E-state index in [1.807, 2.05) is 31.2 Å². The Bertz CT molecular complexity index is 390. The van der Waals surface area contributed by atoms with Crippen LogP contribution in [-0.2, 0) is 0 Å². The van der Waals surface area contributed by atoms with Crippen molar-refractivity contribution >= 4 is 11.7 Å². The van der Waals surface area contributed by atoms with Gasteiger partial charge in [-0.05, 0) is 37.6 Å². The number of amides is 2. The minimum atomic E-state index is -0.154. The molecule has 1 rings (SSSR count). The summed E-state index contributed by atoms with van der Waals surface area (Å²) >= 11 is 0. The van der Waals surface area contributed by atoms with Crippen molar-refractivity contribution in [3.63, 3.8) is 0 Å². The molecule has 1 aromatic carbocycles. The van der Waals surface area contributed by atoms with Crippen molar-refractivity contribution in [2.45, 2.75) is 52.0 Å². The summed E-state index contributed by atoms with van der Waals surface area (Å²) in [4.78, 5) is 11.8. The van der Waals surface area contributed by atoms with Gasteiger partial charge >= 0.3 is 6.03 Å². The number of unbranched alkanes of at least 4 members (excludes halogenated alkanes) is 3. The van der Waals surface area contributed by atoms with Gasteiger partial charge in [-0.3, -0.25) is 0 Å². The molecule has 2 amide bonds. The maximum Gasteiger partial charge on any atom is 0.319 e. The van der Waals surface area contributed by atoms with Gasteiger partial charge in [0.1, 0.15) is 5.75 Å². The lowest BCUT2D eigenvalue weighted by Crippen LogP contribution is -2.36. The van der Waals surface area contributed by atoms with E-state index in [1.54, 1.807) is 7.11 Å². The first-order valence-electron chi connectivity index (χ1n) is 7.37. The number of nitrogens with one attached hydrogen (secondary N) is 2. The Morgan fingerprint density at radius 3 is 2.50 bits per heavy atom. The van der Waals surface area contributed by atoms with Crippen LogP contribution in [0.3, 0.4) is 0 Å². The molecule has 0 heterocycles. The zero-order valence-electron chi connectivity index (χ0n) is 12.7. The summed E-state index contributed by atoms with van der Waals surface area (Å²) in [6.45, 7) is 4.24. The highest BCUT2D eigenvalue weighted by Gasteiger charge is 2.07. The van der Waals surface area contributed by atoms with E-state index >= 15 is 0 Å². The van der Waals surface area contributed by atoms with E-state index in [4.69, 9.17) is 4.74 Å². The molecule has 1 atom stereocenters. The summed E-state index contributed by atoms with van der Waals surface area (Å²) < 4.78 is 5.07. The second kappa shape index (κ2) is 9.23. The van der Waals surface area contributed by atoms with Crippen molar-refractivity contribution in [1.82, 2.24) is 5.32 Å². The van der Waals surface area contributed by atoms with E-state index in [9.17, 15) is 4.79 Å². The first-order valence-corrected chi connectivity index (χ1v) is 7.37. The number of urea groups is 1. The lowest BCUT2D eigenvalue weighted by Gasteiger charge is -2.14. The Hall–Kier alpha value is -1.71. The molecule has 4 nitrogen and oxygen atoms in total. The van der Waals surface area contributed by atoms with E-state index < -0.39 is 0 Å². The normalized spacial score (nSPS) is 11.8. The fourth-order valence-corrected chi connectivity index (χ4v) is 2.01. The van der Waals surface area contributed by atoms with Gasteiger partial charge in [0.05, 0.1) is 7.11 Å². The number of hydrogen-bond acceptors (Lipinski definition) is 2. The highest BCUT2D eigenvalue weighted by molar-refractivity contribution is 5.89. The molecule has 0 aliphatic carbocycles. The van der Waals surface area contributed by atoms with Crippen LogP contribution in [0.4, 0.5) is 10.5 Å². The molecule has 0 fully saturated rings. The number of methoxy groups -OCH3 is 1. The van der Waals surface area contributed by atoms with Crippen molar-refractivity contribution in [1.29, 1.82) is 0 Å². The molecule has 0 radical (unpaired) electrons. The molecule has 0 spiro atoms. The summed E-state index contributed by atoms with van der Waals surface area (Å²) in [7, 11) is 1.62. The van der Waals surface area contributed by atoms with Crippen molar-refractivity contribution in [2.75, 3.05) is 12.4 Å². The van der Waals surface area contributed by atoms with Gasteiger partial charge in [-0.15, -0.1) is 0 Å². The van der Waals surface area contributed by atoms with Crippen molar-refractivity contribution < 1.29 is 9.53 Å². The third kappa shape index (κ3) is 6.45. The van der Waals surface area contributed by atoms with Gasteiger partial charge < -0.3 is 15.4 Å². The molecule has 2 N–H and O–H groups in total. The molecule has 0 saturated heterocycles. The monoisotopic (exact) mass is 278 g/mol. The summed E-state index contributed by atoms with van der Waals surface area (Å²) in [5.41, 5.74) is 0.765. The van der Waals surface area contributed by atoms with E-state index in [2.05, 4.69) is 17.6 Å². The van der Waals surface area contributed by atoms with Crippen LogP contribution in [0.15, 0.2) is 24.3 Å². The number of rotatable bonds is 8. The first kappa shape index (κ1) is 16.3. The van der Waals surface area contributed by atoms with Gasteiger partial charge in [0, 0.05) is 11.7 Å². The molecule has 20 heavy (non-hydrogen) atoms. The van der Waals surface area contributed by atoms with Crippen LogP contribution < -0.4 is 15.4 Å². The quantitative estimate of drug-likeness (QED) is 0.701. The zero-order valence-corrected chi connectivity index (χ0v) is 12.7. The molecule has 0 saturated carbocycles. The number of benzene rings is 1. The summed E-state index contributed by atoms with van der Waals surface area (Å²) in [6, 6.07) is 7.34. The van der Waals surface area contributed by atoms with Crippen LogP contribution in [0.25, 0.3) is 0 Å². The maximum atomic E-state index is 11.8. The molecule has 1 unspecified atom stereocenters. The Balaban J connectivity index is 2.27. The number of ether oxygens (including phenoxy) is 1. The molecule has 0 aliphatic rings. The third-order valence-corrected chi connectivity index (χ3v) is 3.22. The van der Waals surface area contributed by atoms with Gasteiger partial charge in [0.2, 0.25) is 0 Å². The Morgan fingerprint density at radius 2 is 1.90 bits per heavy atom. The van der Waals surface area contributed by atoms with Crippen molar-refractivity contribution in [2.24, 2.45) is 0 Å². The number of anilines is 1. The second-order valence-corrected chi connectivity index (χ2v) is 5.08. The molecule has 0 bridgehead atoms. The predicted molar refractivity (Wildman–Crippen MR) is 83.4 cm³/mol. The fourth-order valence-electron chi connectivity index (χ4n) is 2.01. The molecule has 0 aliphatic heterocycles. The lowest BCUT2D eigenvalue weighted by molar-refractivity contribution is 0.248. The van der Waals surface area contributed by atoms with Crippen molar-refractivity contribution in [3.05, 3.63) is 24.3 Å².